The van der Waals surface area contributed by atoms with Gasteiger partial charge in [0.25, 0.3) is 0 Å². The van der Waals surface area contributed by atoms with Gasteiger partial charge in [-0.2, -0.15) is 0 Å². The maximum Gasteiger partial charge on any atom is 1.00 e. The number of benzene rings is 2. The molecule has 1 fully saturated rings. The summed E-state index contributed by atoms with van der Waals surface area (Å²) in [5, 5.41) is 0. The molecule has 0 radical (unpaired) electrons. The number of para-hydroxylation sites is 1. The summed E-state index contributed by atoms with van der Waals surface area (Å²) in [7, 11) is 0. The number of esters is 1. The van der Waals surface area contributed by atoms with E-state index in [9.17, 15) is 4.79 Å². The van der Waals surface area contributed by atoms with Gasteiger partial charge in [0, 0.05) is 0 Å². The third-order valence-electron chi connectivity index (χ3n) is 4.78. The monoisotopic (exact) mass is 360 g/mol. The number of aryl methyl sites for hydroxylation is 2. The second kappa shape index (κ2) is 12.0. The zero-order chi connectivity index (χ0) is 18.0. The molecular formula is C23H29LiO3. The van der Waals surface area contributed by atoms with Crippen molar-refractivity contribution in [3.05, 3.63) is 65.7 Å². The topological polar surface area (TPSA) is 38.8 Å². The Labute approximate surface area is 176 Å². The molecule has 1 saturated heterocycles. The smallest absolute Gasteiger partial charge is 1.00 e. The first-order chi connectivity index (χ1) is 12.8. The van der Waals surface area contributed by atoms with E-state index < -0.39 is 0 Å². The fourth-order valence-electron chi connectivity index (χ4n) is 3.16. The first kappa shape index (κ1) is 21.8. The van der Waals surface area contributed by atoms with Crippen LogP contribution < -0.4 is 23.6 Å². The first-order valence-electron chi connectivity index (χ1n) is 9.78. The summed E-state index contributed by atoms with van der Waals surface area (Å²) in [5.74, 6) is 0.423. The Morgan fingerprint density at radius 1 is 0.889 bits per heavy atom. The molecule has 1 unspecified atom stereocenters. The molecule has 1 aliphatic rings. The van der Waals surface area contributed by atoms with Crippen LogP contribution in [0.4, 0.5) is 0 Å². The van der Waals surface area contributed by atoms with E-state index in [1.165, 1.54) is 44.1 Å². The van der Waals surface area contributed by atoms with Gasteiger partial charge in [0.15, 0.2) is 6.10 Å². The predicted octanol–water partition coefficient (Wildman–Crippen LogP) is 2.23. The van der Waals surface area contributed by atoms with Gasteiger partial charge in [-0.1, -0.05) is 74.2 Å². The fraction of sp³-hybridized carbons (Fsp3) is 0.435. The molecule has 1 heterocycles. The van der Waals surface area contributed by atoms with Crippen LogP contribution in [-0.2, 0) is 22.4 Å². The molecule has 3 nitrogen and oxygen atoms in total. The van der Waals surface area contributed by atoms with Crippen molar-refractivity contribution >= 4 is 5.97 Å². The van der Waals surface area contributed by atoms with Crippen molar-refractivity contribution in [2.24, 2.45) is 0 Å². The van der Waals surface area contributed by atoms with Crippen LogP contribution in [-0.4, -0.2) is 18.7 Å². The standard InChI is InChI=1S/C23H28O3.Li.H/c24-23(22-18-25-22)26-21-17-11-10-16-20(21)15-9-4-2-1-3-6-12-19-13-7-5-8-14-19;;/h5,7-8,10-11,13-14,16-17,22H,1-4,6,9,12,15,18H2;;/q;+1;-1. The van der Waals surface area contributed by atoms with Crippen LogP contribution >= 0.6 is 0 Å². The Morgan fingerprint density at radius 2 is 1.48 bits per heavy atom. The predicted molar refractivity (Wildman–Crippen MR) is 104 cm³/mol. The number of carbonyl (C=O) groups is 1. The normalized spacial score (nSPS) is 15.0. The van der Waals surface area contributed by atoms with Crippen molar-refractivity contribution in [2.45, 2.75) is 57.5 Å². The molecule has 0 aliphatic carbocycles. The minimum absolute atomic E-state index is 0. The molecule has 0 saturated carbocycles. The SMILES string of the molecule is O=C(Oc1ccccc1CCCCCCCCc1ccccc1)C1CO1.[H-].[Li+]. The number of unbranched alkanes of at least 4 members (excludes halogenated alkanes) is 5. The molecule has 0 aromatic heterocycles. The average Bonchev–Trinajstić information content (AvgIpc) is 3.51. The Bertz CT molecular complexity index is 689. The summed E-state index contributed by atoms with van der Waals surface area (Å²) in [5.41, 5.74) is 2.56. The van der Waals surface area contributed by atoms with E-state index >= 15 is 0 Å². The van der Waals surface area contributed by atoms with Gasteiger partial charge in [0.2, 0.25) is 0 Å². The molecule has 27 heavy (non-hydrogen) atoms. The van der Waals surface area contributed by atoms with Gasteiger partial charge in [-0.25, -0.2) is 4.79 Å². The Kier molecular flexibility index (Phi) is 9.70. The Morgan fingerprint density at radius 3 is 2.19 bits per heavy atom. The fourth-order valence-corrected chi connectivity index (χ4v) is 3.16. The van der Waals surface area contributed by atoms with E-state index in [0.29, 0.717) is 12.4 Å². The molecule has 1 atom stereocenters. The van der Waals surface area contributed by atoms with Crippen molar-refractivity contribution in [3.8, 4) is 5.75 Å². The van der Waals surface area contributed by atoms with Crippen LogP contribution in [0, 0.1) is 0 Å². The molecule has 0 N–H and O–H groups in total. The zero-order valence-corrected chi connectivity index (χ0v) is 16.4. The number of carbonyl (C=O) groups excluding carboxylic acids is 1. The van der Waals surface area contributed by atoms with Gasteiger partial charge >= 0.3 is 24.8 Å². The van der Waals surface area contributed by atoms with Crippen LogP contribution in [0.2, 0.25) is 0 Å². The Balaban J connectivity index is 0.00000196. The van der Waals surface area contributed by atoms with Crippen LogP contribution in [0.3, 0.4) is 0 Å². The van der Waals surface area contributed by atoms with E-state index in [-0.39, 0.29) is 32.4 Å². The maximum absolute atomic E-state index is 11.8. The summed E-state index contributed by atoms with van der Waals surface area (Å²) >= 11 is 0. The van der Waals surface area contributed by atoms with Gasteiger partial charge < -0.3 is 10.9 Å². The Hall–Kier alpha value is -1.53. The molecule has 1 aliphatic heterocycles. The van der Waals surface area contributed by atoms with E-state index in [0.717, 1.165) is 18.4 Å². The van der Waals surface area contributed by atoms with Gasteiger partial charge in [-0.3, -0.25) is 0 Å². The molecule has 4 heteroatoms. The van der Waals surface area contributed by atoms with Gasteiger partial charge in [0.1, 0.15) is 5.75 Å². The van der Waals surface area contributed by atoms with Crippen LogP contribution in [0.5, 0.6) is 5.75 Å². The summed E-state index contributed by atoms with van der Waals surface area (Å²) in [6, 6.07) is 18.6. The molecule has 140 valence electrons. The van der Waals surface area contributed by atoms with E-state index in [2.05, 4.69) is 36.4 Å². The number of hydrogen-bond acceptors (Lipinski definition) is 3. The molecule has 0 amide bonds. The minimum Gasteiger partial charge on any atom is -1.00 e. The van der Waals surface area contributed by atoms with Crippen molar-refractivity contribution < 1.29 is 34.6 Å². The second-order valence-corrected chi connectivity index (χ2v) is 6.96. The van der Waals surface area contributed by atoms with Crippen LogP contribution in [0.15, 0.2) is 54.6 Å². The summed E-state index contributed by atoms with van der Waals surface area (Å²) in [6.45, 7) is 0.491. The van der Waals surface area contributed by atoms with E-state index in [1.54, 1.807) is 0 Å². The van der Waals surface area contributed by atoms with Crippen molar-refractivity contribution in [2.75, 3.05) is 6.61 Å². The van der Waals surface area contributed by atoms with E-state index in [1.807, 2.05) is 18.2 Å². The molecule has 3 rings (SSSR count). The van der Waals surface area contributed by atoms with Gasteiger partial charge in [-0.05, 0) is 42.9 Å². The third kappa shape index (κ3) is 7.93. The summed E-state index contributed by atoms with van der Waals surface area (Å²) in [6.07, 6.45) is 9.28. The molecule has 2 aromatic rings. The van der Waals surface area contributed by atoms with Crippen LogP contribution in [0.25, 0.3) is 0 Å². The minimum atomic E-state index is -0.348. The quantitative estimate of drug-likeness (QED) is 0.203. The average molecular weight is 360 g/mol. The largest absolute Gasteiger partial charge is 1.00 e. The second-order valence-electron chi connectivity index (χ2n) is 6.96. The maximum atomic E-state index is 11.8. The summed E-state index contributed by atoms with van der Waals surface area (Å²) in [4.78, 5) is 11.8. The van der Waals surface area contributed by atoms with Crippen molar-refractivity contribution in [3.63, 3.8) is 0 Å². The number of hydrogen-bond donors (Lipinski definition) is 0. The number of rotatable bonds is 11. The molecule has 0 bridgehead atoms. The number of epoxide rings is 1. The van der Waals surface area contributed by atoms with Crippen LogP contribution in [0.1, 0.15) is 51.1 Å². The van der Waals surface area contributed by atoms with E-state index in [4.69, 9.17) is 9.47 Å². The molecular weight excluding hydrogens is 331 g/mol. The zero-order valence-electron chi connectivity index (χ0n) is 17.4. The first-order valence-corrected chi connectivity index (χ1v) is 9.78. The number of ether oxygens (including phenoxy) is 2. The molecule has 0 spiro atoms. The van der Waals surface area contributed by atoms with Crippen molar-refractivity contribution in [1.29, 1.82) is 0 Å². The molecule has 2 aromatic carbocycles. The van der Waals surface area contributed by atoms with Gasteiger partial charge in [0.05, 0.1) is 6.61 Å². The van der Waals surface area contributed by atoms with Crippen molar-refractivity contribution in [1.82, 2.24) is 0 Å². The van der Waals surface area contributed by atoms with Gasteiger partial charge in [-0.15, -0.1) is 0 Å². The third-order valence-corrected chi connectivity index (χ3v) is 4.78. The summed E-state index contributed by atoms with van der Waals surface area (Å²) < 4.78 is 10.4.